The lowest BCUT2D eigenvalue weighted by Gasteiger charge is -2.17. The zero-order chi connectivity index (χ0) is 37.9. The molecule has 6 aromatic carbocycles. The molecule has 7 aromatic heterocycles. The van der Waals surface area contributed by atoms with Gasteiger partial charge in [0.05, 0.1) is 56.0 Å². The minimum Gasteiger partial charge on any atom is -0.309 e. The van der Waals surface area contributed by atoms with Crippen LogP contribution in [0.25, 0.3) is 110 Å². The first-order valence-electron chi connectivity index (χ1n) is 19.5. The van der Waals surface area contributed by atoms with Crippen molar-refractivity contribution in [2.24, 2.45) is 0 Å². The predicted octanol–water partition coefficient (Wildman–Crippen LogP) is 12.3. The Bertz CT molecular complexity index is 3700. The van der Waals surface area contributed by atoms with E-state index in [0.29, 0.717) is 0 Å². The number of hydrogen-bond acceptors (Lipinski definition) is 3. The molecule has 0 aliphatic carbocycles. The smallest absolute Gasteiger partial charge is 0.0784 e. The summed E-state index contributed by atoms with van der Waals surface area (Å²) in [6.07, 6.45) is 11.6. The highest BCUT2D eigenvalue weighted by atomic mass is 15.1. The summed E-state index contributed by atoms with van der Waals surface area (Å²) in [7, 11) is 0. The normalized spacial score (nSPS) is 12.1. The van der Waals surface area contributed by atoms with E-state index in [1.165, 1.54) is 27.1 Å². The molecule has 0 atom stereocenters. The Morgan fingerprint density at radius 1 is 0.276 bits per heavy atom. The van der Waals surface area contributed by atoms with Gasteiger partial charge in [0, 0.05) is 91.1 Å². The summed E-state index contributed by atoms with van der Waals surface area (Å²) in [5.41, 5.74) is 13.2. The van der Waals surface area contributed by atoms with Crippen LogP contribution in [-0.2, 0) is 0 Å². The van der Waals surface area contributed by atoms with Gasteiger partial charge in [-0.15, -0.1) is 0 Å². The predicted molar refractivity (Wildman–Crippen MR) is 237 cm³/mol. The Morgan fingerprint density at radius 2 is 0.776 bits per heavy atom. The van der Waals surface area contributed by atoms with Gasteiger partial charge < -0.3 is 18.3 Å². The number of fused-ring (bicyclic) bond motifs is 12. The SMILES string of the molecule is c1ccc(-n2c3ccccc3c3cc(-n4c5cnccc5c5cc(-n6c7ccccc7c7ccccc76)cc(-n6c7ccncc7c7cnccc76)c54)ccc32)cc1. The largest absolute Gasteiger partial charge is 0.309 e. The van der Waals surface area contributed by atoms with Gasteiger partial charge in [0.15, 0.2) is 0 Å². The van der Waals surface area contributed by atoms with Crippen molar-refractivity contribution in [1.29, 1.82) is 0 Å². The van der Waals surface area contributed by atoms with E-state index in [0.717, 1.165) is 82.9 Å². The van der Waals surface area contributed by atoms with Crippen molar-refractivity contribution in [2.45, 2.75) is 0 Å². The lowest BCUT2D eigenvalue weighted by Crippen LogP contribution is -2.03. The molecule has 0 fully saturated rings. The number of nitrogens with zero attached hydrogens (tertiary/aromatic N) is 7. The van der Waals surface area contributed by atoms with E-state index in [1.54, 1.807) is 0 Å². The highest BCUT2D eigenvalue weighted by Crippen LogP contribution is 2.43. The molecule has 270 valence electrons. The van der Waals surface area contributed by atoms with Gasteiger partial charge in [0.2, 0.25) is 0 Å². The van der Waals surface area contributed by atoms with Crippen molar-refractivity contribution < 1.29 is 0 Å². The molecule has 0 bridgehead atoms. The summed E-state index contributed by atoms with van der Waals surface area (Å²) < 4.78 is 9.60. The second kappa shape index (κ2) is 11.7. The van der Waals surface area contributed by atoms with Crippen LogP contribution in [0.2, 0.25) is 0 Å². The van der Waals surface area contributed by atoms with Gasteiger partial charge in [-0.05, 0) is 78.9 Å². The first-order chi connectivity index (χ1) is 28.8. The Morgan fingerprint density at radius 3 is 1.45 bits per heavy atom. The molecule has 0 aliphatic heterocycles. The lowest BCUT2D eigenvalue weighted by molar-refractivity contribution is 1.11. The quantitative estimate of drug-likeness (QED) is 0.180. The number of rotatable bonds is 4. The van der Waals surface area contributed by atoms with Crippen LogP contribution in [0.15, 0.2) is 189 Å². The zero-order valence-corrected chi connectivity index (χ0v) is 31.0. The Hall–Kier alpha value is -8.03. The van der Waals surface area contributed by atoms with E-state index >= 15 is 0 Å². The van der Waals surface area contributed by atoms with Crippen LogP contribution in [0.4, 0.5) is 0 Å². The number of pyridine rings is 3. The Kier molecular flexibility index (Phi) is 6.32. The molecule has 0 aliphatic rings. The van der Waals surface area contributed by atoms with Gasteiger partial charge in [0.25, 0.3) is 0 Å². The molecule has 7 heterocycles. The van der Waals surface area contributed by atoms with Crippen LogP contribution >= 0.6 is 0 Å². The molecule has 0 radical (unpaired) electrons. The highest BCUT2D eigenvalue weighted by molar-refractivity contribution is 6.17. The second-order valence-electron chi connectivity index (χ2n) is 15.0. The fraction of sp³-hybridized carbons (Fsp3) is 0. The first kappa shape index (κ1) is 31.2. The maximum atomic E-state index is 4.74. The molecule has 0 N–H and O–H groups in total. The van der Waals surface area contributed by atoms with Crippen LogP contribution in [0, 0.1) is 0 Å². The van der Waals surface area contributed by atoms with Crippen molar-refractivity contribution in [3.8, 4) is 22.7 Å². The van der Waals surface area contributed by atoms with Gasteiger partial charge in [0.1, 0.15) is 0 Å². The molecule has 0 unspecified atom stereocenters. The highest BCUT2D eigenvalue weighted by Gasteiger charge is 2.24. The third-order valence-electron chi connectivity index (χ3n) is 12.0. The molecule has 0 saturated carbocycles. The Labute approximate surface area is 330 Å². The number of hydrogen-bond donors (Lipinski definition) is 0. The minimum atomic E-state index is 1.04. The minimum absolute atomic E-state index is 1.04. The van der Waals surface area contributed by atoms with E-state index in [4.69, 9.17) is 4.98 Å². The van der Waals surface area contributed by atoms with Crippen molar-refractivity contribution in [1.82, 2.24) is 33.2 Å². The van der Waals surface area contributed by atoms with Crippen molar-refractivity contribution in [2.75, 3.05) is 0 Å². The van der Waals surface area contributed by atoms with Crippen molar-refractivity contribution in [3.05, 3.63) is 189 Å². The monoisotopic (exact) mass is 741 g/mol. The summed E-state index contributed by atoms with van der Waals surface area (Å²) in [6, 6.07) is 54.8. The van der Waals surface area contributed by atoms with Crippen LogP contribution in [0.5, 0.6) is 0 Å². The maximum absolute atomic E-state index is 4.74. The molecule has 13 aromatic rings. The fourth-order valence-corrected chi connectivity index (χ4v) is 9.65. The Balaban J connectivity index is 1.20. The molecule has 13 rings (SSSR count). The third-order valence-corrected chi connectivity index (χ3v) is 12.0. The van der Waals surface area contributed by atoms with Crippen molar-refractivity contribution >= 4 is 87.2 Å². The van der Waals surface area contributed by atoms with Gasteiger partial charge in [-0.2, -0.15) is 0 Å². The summed E-state index contributed by atoms with van der Waals surface area (Å²) >= 11 is 0. The second-order valence-corrected chi connectivity index (χ2v) is 15.0. The van der Waals surface area contributed by atoms with E-state index < -0.39 is 0 Å². The average Bonchev–Trinajstić information content (AvgIpc) is 4.01. The van der Waals surface area contributed by atoms with E-state index in [2.05, 4.69) is 180 Å². The number of benzene rings is 6. The summed E-state index contributed by atoms with van der Waals surface area (Å²) in [4.78, 5) is 13.9. The summed E-state index contributed by atoms with van der Waals surface area (Å²) in [6.45, 7) is 0. The van der Waals surface area contributed by atoms with Crippen LogP contribution in [-0.4, -0.2) is 33.2 Å². The van der Waals surface area contributed by atoms with Gasteiger partial charge in [-0.1, -0.05) is 72.8 Å². The molecule has 0 spiro atoms. The fourth-order valence-electron chi connectivity index (χ4n) is 9.65. The third kappa shape index (κ3) is 4.19. The average molecular weight is 742 g/mol. The van der Waals surface area contributed by atoms with Gasteiger partial charge >= 0.3 is 0 Å². The molecular weight excluding hydrogens is 711 g/mol. The zero-order valence-electron chi connectivity index (χ0n) is 31.0. The van der Waals surface area contributed by atoms with Gasteiger partial charge in [-0.25, -0.2) is 0 Å². The molecule has 0 saturated heterocycles. The first-order valence-corrected chi connectivity index (χ1v) is 19.5. The number of aromatic nitrogens is 7. The summed E-state index contributed by atoms with van der Waals surface area (Å²) in [5.74, 6) is 0. The van der Waals surface area contributed by atoms with Gasteiger partial charge in [-0.3, -0.25) is 15.0 Å². The molecule has 0 amide bonds. The van der Waals surface area contributed by atoms with E-state index in [-0.39, 0.29) is 0 Å². The topological polar surface area (TPSA) is 58.4 Å². The molecular formula is C51H31N7. The summed E-state index contributed by atoms with van der Waals surface area (Å²) in [5, 5.41) is 9.22. The lowest BCUT2D eigenvalue weighted by atomic mass is 10.1. The molecule has 7 nitrogen and oxygen atoms in total. The standard InChI is InChI=1S/C51H31N7/c1-2-10-32(11-3-1)55-45-17-9-6-14-37(45)39-26-33(18-19-46(39)55)57-50-31-54-23-20-38(50)40-27-34(56-43-15-7-4-12-35(43)36-13-5-8-16-44(36)56)28-49(51(40)57)58-47-21-24-52-29-41(47)42-30-53-25-22-48(42)58/h1-31H. The maximum Gasteiger partial charge on any atom is 0.0784 e. The van der Waals surface area contributed by atoms with Crippen molar-refractivity contribution in [3.63, 3.8) is 0 Å². The molecule has 58 heavy (non-hydrogen) atoms. The van der Waals surface area contributed by atoms with Crippen LogP contribution < -0.4 is 0 Å². The van der Waals surface area contributed by atoms with E-state index in [9.17, 15) is 0 Å². The molecule has 7 heteroatoms. The van der Waals surface area contributed by atoms with E-state index in [1.807, 2.05) is 37.2 Å². The number of para-hydroxylation sites is 4. The van der Waals surface area contributed by atoms with Crippen LogP contribution in [0.1, 0.15) is 0 Å². The van der Waals surface area contributed by atoms with Crippen LogP contribution in [0.3, 0.4) is 0 Å².